The monoisotopic (exact) mass is 419 g/mol. The number of aromatic nitrogens is 2. The normalized spacial score (nSPS) is 12.2. The van der Waals surface area contributed by atoms with Crippen molar-refractivity contribution in [2.75, 3.05) is 7.11 Å². The molecule has 0 aliphatic heterocycles. The molecule has 0 spiro atoms. The number of rotatable bonds is 6. The van der Waals surface area contributed by atoms with Gasteiger partial charge in [-0.3, -0.25) is 14.3 Å². The molecule has 7 heteroatoms. The van der Waals surface area contributed by atoms with Crippen molar-refractivity contribution in [1.29, 1.82) is 0 Å². The summed E-state index contributed by atoms with van der Waals surface area (Å²) in [6.07, 6.45) is 3.26. The Labute approximate surface area is 161 Å². The molecule has 0 saturated carbocycles. The SMILES string of the molecule is COC(=O)CC(NC(=O)/C=C/c1c(C)nn(C)c1C)c1ccc(Br)cc1. The molecule has 0 radical (unpaired) electrons. The van der Waals surface area contributed by atoms with Crippen LogP contribution in [-0.2, 0) is 21.4 Å². The maximum Gasteiger partial charge on any atom is 0.307 e. The van der Waals surface area contributed by atoms with Crippen molar-refractivity contribution in [3.8, 4) is 0 Å². The van der Waals surface area contributed by atoms with E-state index in [2.05, 4.69) is 26.3 Å². The lowest BCUT2D eigenvalue weighted by Crippen LogP contribution is -2.29. The Kier molecular flexibility index (Phi) is 6.74. The van der Waals surface area contributed by atoms with Crippen molar-refractivity contribution < 1.29 is 14.3 Å². The molecule has 2 aromatic rings. The van der Waals surface area contributed by atoms with Gasteiger partial charge >= 0.3 is 5.97 Å². The number of carbonyl (C=O) groups is 2. The number of ether oxygens (including phenoxy) is 1. The van der Waals surface area contributed by atoms with Crippen molar-refractivity contribution >= 4 is 33.9 Å². The fourth-order valence-corrected chi connectivity index (χ4v) is 2.87. The highest BCUT2D eigenvalue weighted by Crippen LogP contribution is 2.20. The molecule has 1 N–H and O–H groups in total. The van der Waals surface area contributed by atoms with Crippen LogP contribution in [0.25, 0.3) is 6.08 Å². The molecule has 0 fully saturated rings. The average molecular weight is 420 g/mol. The molecular formula is C19H22BrN3O3. The Hall–Kier alpha value is -2.41. The first-order chi connectivity index (χ1) is 12.3. The number of esters is 1. The van der Waals surface area contributed by atoms with Crippen molar-refractivity contribution in [3.63, 3.8) is 0 Å². The molecule has 0 saturated heterocycles. The second kappa shape index (κ2) is 8.80. The minimum Gasteiger partial charge on any atom is -0.469 e. The lowest BCUT2D eigenvalue weighted by Gasteiger charge is -2.17. The van der Waals surface area contributed by atoms with Crippen LogP contribution in [0.4, 0.5) is 0 Å². The standard InChI is InChI=1S/C19H22BrN3O3/c1-12-16(13(2)23(3)22-12)9-10-18(24)21-17(11-19(25)26-4)14-5-7-15(20)8-6-14/h5-10,17H,11H2,1-4H3,(H,21,24)/b10-9+. The van der Waals surface area contributed by atoms with E-state index in [1.54, 1.807) is 10.8 Å². The predicted molar refractivity (Wildman–Crippen MR) is 103 cm³/mol. The number of hydrogen-bond acceptors (Lipinski definition) is 4. The molecule has 1 unspecified atom stereocenters. The van der Waals surface area contributed by atoms with Gasteiger partial charge in [0.05, 0.1) is 25.3 Å². The minimum atomic E-state index is -0.469. The van der Waals surface area contributed by atoms with Crippen LogP contribution in [0.5, 0.6) is 0 Å². The van der Waals surface area contributed by atoms with Gasteiger partial charge in [0.2, 0.25) is 5.91 Å². The fourth-order valence-electron chi connectivity index (χ4n) is 2.61. The molecule has 0 aliphatic carbocycles. The zero-order valence-corrected chi connectivity index (χ0v) is 16.8. The number of halogens is 1. The number of methoxy groups -OCH3 is 1. The number of hydrogen-bond donors (Lipinski definition) is 1. The van der Waals surface area contributed by atoms with Gasteiger partial charge in [-0.05, 0) is 37.6 Å². The largest absolute Gasteiger partial charge is 0.469 e. The number of amides is 1. The van der Waals surface area contributed by atoms with E-state index in [1.165, 1.54) is 13.2 Å². The first kappa shape index (κ1) is 19.9. The Bertz CT molecular complexity index is 825. The summed E-state index contributed by atoms with van der Waals surface area (Å²) in [5.74, 6) is -0.675. The Morgan fingerprint density at radius 3 is 2.50 bits per heavy atom. The second-order valence-corrected chi connectivity index (χ2v) is 6.85. The van der Waals surface area contributed by atoms with Crippen molar-refractivity contribution in [2.45, 2.75) is 26.3 Å². The topological polar surface area (TPSA) is 73.2 Å². The minimum absolute atomic E-state index is 0.0582. The number of nitrogens with zero attached hydrogens (tertiary/aromatic N) is 2. The van der Waals surface area contributed by atoms with Gasteiger partial charge in [0.1, 0.15) is 0 Å². The van der Waals surface area contributed by atoms with E-state index in [4.69, 9.17) is 4.74 Å². The molecule has 1 heterocycles. The number of carbonyl (C=O) groups excluding carboxylic acids is 2. The maximum absolute atomic E-state index is 12.4. The summed E-state index contributed by atoms with van der Waals surface area (Å²) in [4.78, 5) is 24.1. The Morgan fingerprint density at radius 2 is 1.96 bits per heavy atom. The van der Waals surface area contributed by atoms with Crippen LogP contribution >= 0.6 is 15.9 Å². The van der Waals surface area contributed by atoms with Crippen LogP contribution < -0.4 is 5.32 Å². The summed E-state index contributed by atoms with van der Waals surface area (Å²) in [5, 5.41) is 7.19. The third-order valence-electron chi connectivity index (χ3n) is 4.15. The number of aryl methyl sites for hydroxylation is 2. The van der Waals surface area contributed by atoms with Gasteiger partial charge in [-0.1, -0.05) is 28.1 Å². The maximum atomic E-state index is 12.4. The van der Waals surface area contributed by atoms with Crippen molar-refractivity contribution in [2.24, 2.45) is 7.05 Å². The predicted octanol–water partition coefficient (Wildman–Crippen LogP) is 3.23. The van der Waals surface area contributed by atoms with Crippen molar-refractivity contribution in [3.05, 3.63) is 57.3 Å². The average Bonchev–Trinajstić information content (AvgIpc) is 2.85. The van der Waals surface area contributed by atoms with Crippen LogP contribution in [0.1, 0.15) is 35.0 Å². The van der Waals surface area contributed by atoms with Crippen LogP contribution in [-0.4, -0.2) is 28.8 Å². The molecule has 1 aromatic carbocycles. The molecule has 0 bridgehead atoms. The van der Waals surface area contributed by atoms with Gasteiger partial charge in [-0.25, -0.2) is 0 Å². The van der Waals surface area contributed by atoms with E-state index in [1.807, 2.05) is 45.2 Å². The van der Waals surface area contributed by atoms with Crippen molar-refractivity contribution in [1.82, 2.24) is 15.1 Å². The van der Waals surface area contributed by atoms with Gasteiger partial charge in [0.15, 0.2) is 0 Å². The molecule has 1 aromatic heterocycles. The molecular weight excluding hydrogens is 398 g/mol. The van der Waals surface area contributed by atoms with E-state index in [9.17, 15) is 9.59 Å². The molecule has 138 valence electrons. The van der Waals surface area contributed by atoms with Gasteiger partial charge < -0.3 is 10.1 Å². The van der Waals surface area contributed by atoms with Crippen LogP contribution in [0.3, 0.4) is 0 Å². The first-order valence-corrected chi connectivity index (χ1v) is 8.92. The van der Waals surface area contributed by atoms with Gasteiger partial charge in [0.25, 0.3) is 0 Å². The second-order valence-electron chi connectivity index (χ2n) is 5.93. The first-order valence-electron chi connectivity index (χ1n) is 8.13. The summed E-state index contributed by atoms with van der Waals surface area (Å²) in [5.41, 5.74) is 3.57. The quantitative estimate of drug-likeness (QED) is 0.575. The van der Waals surface area contributed by atoms with Crippen LogP contribution in [0.15, 0.2) is 34.8 Å². The third kappa shape index (κ3) is 5.05. The van der Waals surface area contributed by atoms with Gasteiger partial charge in [-0.2, -0.15) is 5.10 Å². The summed E-state index contributed by atoms with van der Waals surface area (Å²) < 4.78 is 7.44. The van der Waals surface area contributed by atoms with Crippen LogP contribution in [0, 0.1) is 13.8 Å². The van der Waals surface area contributed by atoms with E-state index in [0.717, 1.165) is 27.0 Å². The summed E-state index contributed by atoms with van der Waals surface area (Å²) in [7, 11) is 3.19. The Balaban J connectivity index is 2.16. The molecule has 0 aliphatic rings. The Morgan fingerprint density at radius 1 is 1.31 bits per heavy atom. The molecule has 2 rings (SSSR count). The third-order valence-corrected chi connectivity index (χ3v) is 4.68. The fraction of sp³-hybridized carbons (Fsp3) is 0.316. The number of benzene rings is 1. The summed E-state index contributed by atoms with van der Waals surface area (Å²) in [6.45, 7) is 3.84. The van der Waals surface area contributed by atoms with Crippen LogP contribution in [0.2, 0.25) is 0 Å². The molecule has 1 atom stereocenters. The van der Waals surface area contributed by atoms with E-state index < -0.39 is 6.04 Å². The van der Waals surface area contributed by atoms with E-state index in [-0.39, 0.29) is 18.3 Å². The molecule has 26 heavy (non-hydrogen) atoms. The zero-order valence-electron chi connectivity index (χ0n) is 15.2. The van der Waals surface area contributed by atoms with E-state index >= 15 is 0 Å². The van der Waals surface area contributed by atoms with Gasteiger partial charge in [0, 0.05) is 28.9 Å². The number of nitrogens with one attached hydrogen (secondary N) is 1. The highest BCUT2D eigenvalue weighted by molar-refractivity contribution is 9.10. The van der Waals surface area contributed by atoms with Gasteiger partial charge in [-0.15, -0.1) is 0 Å². The highest BCUT2D eigenvalue weighted by atomic mass is 79.9. The zero-order chi connectivity index (χ0) is 19.3. The smallest absolute Gasteiger partial charge is 0.307 e. The summed E-state index contributed by atoms with van der Waals surface area (Å²) in [6, 6.07) is 6.98. The summed E-state index contributed by atoms with van der Waals surface area (Å²) >= 11 is 3.38. The lowest BCUT2D eigenvalue weighted by atomic mass is 10.0. The molecule has 6 nitrogen and oxygen atoms in total. The lowest BCUT2D eigenvalue weighted by molar-refractivity contribution is -0.141. The molecule has 1 amide bonds. The highest BCUT2D eigenvalue weighted by Gasteiger charge is 2.18. The van der Waals surface area contributed by atoms with E-state index in [0.29, 0.717) is 0 Å².